The predicted molar refractivity (Wildman–Crippen MR) is 93.2 cm³/mol. The number of benzene rings is 1. The molecule has 132 valence electrons. The van der Waals surface area contributed by atoms with Crippen LogP contribution in [0.4, 0.5) is 4.39 Å². The summed E-state index contributed by atoms with van der Waals surface area (Å²) in [7, 11) is 0. The number of nitrogens with zero attached hydrogens (tertiary/aromatic N) is 1. The molecule has 0 bridgehead atoms. The zero-order chi connectivity index (χ0) is 16.9. The lowest BCUT2D eigenvalue weighted by Gasteiger charge is -2.33. The zero-order valence-electron chi connectivity index (χ0n) is 14.5. The van der Waals surface area contributed by atoms with Crippen LogP contribution in [0.3, 0.4) is 0 Å². The van der Waals surface area contributed by atoms with Gasteiger partial charge in [0.15, 0.2) is 0 Å². The molecule has 2 heterocycles. The molecule has 2 saturated heterocycles. The van der Waals surface area contributed by atoms with Crippen LogP contribution in [0.2, 0.25) is 0 Å². The van der Waals surface area contributed by atoms with Crippen LogP contribution in [-0.2, 0) is 11.3 Å². The van der Waals surface area contributed by atoms with Crippen molar-refractivity contribution in [1.29, 1.82) is 0 Å². The lowest BCUT2D eigenvalue weighted by molar-refractivity contribution is -0.123. The fourth-order valence-electron chi connectivity index (χ4n) is 3.80. The fraction of sp³-hybridized carbons (Fsp3) is 0.632. The Balaban J connectivity index is 1.49. The quantitative estimate of drug-likeness (QED) is 0.868. The van der Waals surface area contributed by atoms with Crippen LogP contribution < -0.4 is 10.6 Å². The Labute approximate surface area is 143 Å². The lowest BCUT2D eigenvalue weighted by atomic mass is 9.97. The summed E-state index contributed by atoms with van der Waals surface area (Å²) in [5.74, 6) is 0.467. The monoisotopic (exact) mass is 333 g/mol. The van der Waals surface area contributed by atoms with Crippen LogP contribution in [0, 0.1) is 18.7 Å². The van der Waals surface area contributed by atoms with E-state index in [-0.39, 0.29) is 17.8 Å². The molecule has 2 aliphatic rings. The van der Waals surface area contributed by atoms with Crippen molar-refractivity contribution in [2.24, 2.45) is 5.92 Å². The van der Waals surface area contributed by atoms with Crippen molar-refractivity contribution in [2.75, 3.05) is 26.2 Å². The molecule has 2 atom stereocenters. The summed E-state index contributed by atoms with van der Waals surface area (Å²) in [4.78, 5) is 14.4. The molecule has 0 radical (unpaired) electrons. The molecule has 1 aromatic rings. The molecule has 0 saturated carbocycles. The molecule has 4 nitrogen and oxygen atoms in total. The number of likely N-dealkylation sites (tertiary alicyclic amines) is 1. The van der Waals surface area contributed by atoms with E-state index in [1.165, 1.54) is 0 Å². The highest BCUT2D eigenvalue weighted by atomic mass is 19.1. The Hall–Kier alpha value is -1.46. The van der Waals surface area contributed by atoms with Gasteiger partial charge in [-0.25, -0.2) is 4.39 Å². The maximum absolute atomic E-state index is 14.0. The van der Waals surface area contributed by atoms with E-state index in [0.29, 0.717) is 12.5 Å². The molecule has 1 amide bonds. The number of piperidine rings is 1. The summed E-state index contributed by atoms with van der Waals surface area (Å²) in [6, 6.07) is 5.30. The van der Waals surface area contributed by atoms with Crippen molar-refractivity contribution in [2.45, 2.75) is 45.2 Å². The zero-order valence-corrected chi connectivity index (χ0v) is 14.5. The van der Waals surface area contributed by atoms with Crippen LogP contribution >= 0.6 is 0 Å². The van der Waals surface area contributed by atoms with Crippen molar-refractivity contribution in [3.63, 3.8) is 0 Å². The Morgan fingerprint density at radius 3 is 3.04 bits per heavy atom. The summed E-state index contributed by atoms with van der Waals surface area (Å²) in [6.45, 7) is 6.24. The van der Waals surface area contributed by atoms with Gasteiger partial charge < -0.3 is 10.6 Å². The van der Waals surface area contributed by atoms with Crippen LogP contribution in [0.1, 0.15) is 36.8 Å². The Bertz CT molecular complexity index is 572. The van der Waals surface area contributed by atoms with Crippen LogP contribution in [0.5, 0.6) is 0 Å². The van der Waals surface area contributed by atoms with E-state index in [2.05, 4.69) is 15.5 Å². The summed E-state index contributed by atoms with van der Waals surface area (Å²) in [6.07, 6.45) is 4.26. The molecule has 0 spiro atoms. The number of hydrogen-bond donors (Lipinski definition) is 2. The number of aryl methyl sites for hydroxylation is 1. The second kappa shape index (κ2) is 8.08. The lowest BCUT2D eigenvalue weighted by Crippen LogP contribution is -2.45. The maximum atomic E-state index is 14.0. The normalized spacial score (nSPS) is 24.9. The summed E-state index contributed by atoms with van der Waals surface area (Å²) >= 11 is 0. The third kappa shape index (κ3) is 4.54. The van der Waals surface area contributed by atoms with Gasteiger partial charge in [-0.2, -0.15) is 0 Å². The molecule has 2 aliphatic heterocycles. The maximum Gasteiger partial charge on any atom is 0.237 e. The highest BCUT2D eigenvalue weighted by Crippen LogP contribution is 2.20. The summed E-state index contributed by atoms with van der Waals surface area (Å²) in [5.41, 5.74) is 1.87. The van der Waals surface area contributed by atoms with E-state index < -0.39 is 0 Å². The first-order valence-electron chi connectivity index (χ1n) is 9.10. The van der Waals surface area contributed by atoms with Crippen LogP contribution in [0.15, 0.2) is 18.2 Å². The largest absolute Gasteiger partial charge is 0.354 e. The van der Waals surface area contributed by atoms with Gasteiger partial charge in [0.05, 0.1) is 6.04 Å². The highest BCUT2D eigenvalue weighted by molar-refractivity contribution is 5.81. The van der Waals surface area contributed by atoms with E-state index in [4.69, 9.17) is 0 Å². The number of carbonyl (C=O) groups excluding carboxylic acids is 1. The third-order valence-electron chi connectivity index (χ3n) is 5.14. The van der Waals surface area contributed by atoms with Crippen LogP contribution in [0.25, 0.3) is 0 Å². The average molecular weight is 333 g/mol. The van der Waals surface area contributed by atoms with E-state index in [1.807, 2.05) is 19.1 Å². The molecular formula is C19H28FN3O. The minimum atomic E-state index is -0.122. The number of carbonyl (C=O) groups is 1. The molecule has 2 unspecified atom stereocenters. The SMILES string of the molecule is Cc1ccc(F)c(CN2CCCC(CNC(=O)C3CCCN3)C2)c1. The summed E-state index contributed by atoms with van der Waals surface area (Å²) in [5, 5.41) is 6.33. The highest BCUT2D eigenvalue weighted by Gasteiger charge is 2.25. The molecule has 0 aromatic heterocycles. The molecule has 0 aliphatic carbocycles. The second-order valence-electron chi connectivity index (χ2n) is 7.23. The standard InChI is InChI=1S/C19H28FN3O/c1-14-6-7-17(20)16(10-14)13-23-9-3-4-15(12-23)11-22-19(24)18-5-2-8-21-18/h6-7,10,15,18,21H,2-5,8-9,11-13H2,1H3,(H,22,24). The van der Waals surface area contributed by atoms with Crippen LogP contribution in [-0.4, -0.2) is 43.0 Å². The topological polar surface area (TPSA) is 44.4 Å². The number of amides is 1. The van der Waals surface area contributed by atoms with Gasteiger partial charge in [-0.15, -0.1) is 0 Å². The van der Waals surface area contributed by atoms with Gasteiger partial charge in [-0.1, -0.05) is 17.7 Å². The Kier molecular flexibility index (Phi) is 5.85. The number of rotatable bonds is 5. The van der Waals surface area contributed by atoms with Gasteiger partial charge in [0.1, 0.15) is 5.82 Å². The molecule has 5 heteroatoms. The van der Waals surface area contributed by atoms with E-state index in [1.54, 1.807) is 6.07 Å². The molecular weight excluding hydrogens is 305 g/mol. The summed E-state index contributed by atoms with van der Waals surface area (Å²) < 4.78 is 14.0. The Morgan fingerprint density at radius 2 is 2.25 bits per heavy atom. The minimum Gasteiger partial charge on any atom is -0.354 e. The van der Waals surface area contributed by atoms with Gasteiger partial charge in [0.25, 0.3) is 0 Å². The third-order valence-corrected chi connectivity index (χ3v) is 5.14. The molecule has 1 aromatic carbocycles. The van der Waals surface area contributed by atoms with Gasteiger partial charge in [0, 0.05) is 25.2 Å². The number of nitrogens with one attached hydrogen (secondary N) is 2. The molecule has 2 N–H and O–H groups in total. The second-order valence-corrected chi connectivity index (χ2v) is 7.23. The van der Waals surface area contributed by atoms with Gasteiger partial charge >= 0.3 is 0 Å². The van der Waals surface area contributed by atoms with E-state index >= 15 is 0 Å². The van der Waals surface area contributed by atoms with Crippen molar-refractivity contribution in [3.8, 4) is 0 Å². The minimum absolute atomic E-state index is 0.00826. The van der Waals surface area contributed by atoms with Gasteiger partial charge in [-0.05, 0) is 57.7 Å². The van der Waals surface area contributed by atoms with Crippen molar-refractivity contribution < 1.29 is 9.18 Å². The van der Waals surface area contributed by atoms with Crippen molar-refractivity contribution >= 4 is 5.91 Å². The molecule has 24 heavy (non-hydrogen) atoms. The van der Waals surface area contributed by atoms with Crippen molar-refractivity contribution in [3.05, 3.63) is 35.1 Å². The fourth-order valence-corrected chi connectivity index (χ4v) is 3.80. The average Bonchev–Trinajstić information content (AvgIpc) is 3.11. The van der Waals surface area contributed by atoms with Gasteiger partial charge in [0.2, 0.25) is 5.91 Å². The van der Waals surface area contributed by atoms with E-state index in [9.17, 15) is 9.18 Å². The first-order valence-corrected chi connectivity index (χ1v) is 9.10. The molecule has 2 fully saturated rings. The first kappa shape index (κ1) is 17.4. The number of halogens is 1. The smallest absolute Gasteiger partial charge is 0.237 e. The van der Waals surface area contributed by atoms with Crippen molar-refractivity contribution in [1.82, 2.24) is 15.5 Å². The molecule has 3 rings (SSSR count). The number of hydrogen-bond acceptors (Lipinski definition) is 3. The Morgan fingerprint density at radius 1 is 1.38 bits per heavy atom. The van der Waals surface area contributed by atoms with Gasteiger partial charge in [-0.3, -0.25) is 9.69 Å². The van der Waals surface area contributed by atoms with E-state index in [0.717, 1.165) is 63.0 Å². The first-order chi connectivity index (χ1) is 11.6. The predicted octanol–water partition coefficient (Wildman–Crippen LogP) is 2.21.